The van der Waals surface area contributed by atoms with Gasteiger partial charge in [0.15, 0.2) is 11.6 Å². The zero-order valence-corrected chi connectivity index (χ0v) is 15.9. The van der Waals surface area contributed by atoms with Crippen LogP contribution in [0.1, 0.15) is 41.1 Å². The number of aryl methyl sites for hydroxylation is 2. The molecule has 2 aromatic heterocycles. The lowest BCUT2D eigenvalue weighted by Gasteiger charge is -2.22. The van der Waals surface area contributed by atoms with Gasteiger partial charge in [-0.15, -0.1) is 0 Å². The molecule has 4 heterocycles. The predicted octanol–water partition coefficient (Wildman–Crippen LogP) is 2.38. The molecule has 2 saturated heterocycles. The maximum Gasteiger partial charge on any atom is 0.257 e. The first-order valence-corrected chi connectivity index (χ1v) is 9.58. The van der Waals surface area contributed by atoms with Gasteiger partial charge in [0.2, 0.25) is 0 Å². The van der Waals surface area contributed by atoms with Crippen LogP contribution in [0.2, 0.25) is 0 Å². The van der Waals surface area contributed by atoms with Crippen molar-refractivity contribution >= 4 is 11.7 Å². The smallest absolute Gasteiger partial charge is 0.257 e. The zero-order valence-electron chi connectivity index (χ0n) is 15.9. The van der Waals surface area contributed by atoms with Crippen molar-refractivity contribution < 1.29 is 9.53 Å². The average Bonchev–Trinajstić information content (AvgIpc) is 3.34. The van der Waals surface area contributed by atoms with Gasteiger partial charge < -0.3 is 14.5 Å². The van der Waals surface area contributed by atoms with Crippen molar-refractivity contribution in [3.8, 4) is 5.75 Å². The highest BCUT2D eigenvalue weighted by atomic mass is 16.5. The molecule has 0 N–H and O–H groups in total. The van der Waals surface area contributed by atoms with Gasteiger partial charge in [0, 0.05) is 38.4 Å². The topological polar surface area (TPSA) is 71.5 Å². The number of pyridine rings is 1. The highest BCUT2D eigenvalue weighted by Gasteiger charge is 2.30. The molecule has 2 fully saturated rings. The average molecular weight is 367 g/mol. The van der Waals surface area contributed by atoms with E-state index < -0.39 is 0 Å². The normalized spacial score (nSPS) is 19.6. The van der Waals surface area contributed by atoms with Gasteiger partial charge in [0.1, 0.15) is 11.9 Å². The molecule has 2 aromatic rings. The van der Waals surface area contributed by atoms with Crippen LogP contribution < -0.4 is 9.64 Å². The van der Waals surface area contributed by atoms with Gasteiger partial charge >= 0.3 is 0 Å². The van der Waals surface area contributed by atoms with E-state index in [-0.39, 0.29) is 12.0 Å². The fourth-order valence-electron chi connectivity index (χ4n) is 3.79. The Kier molecular flexibility index (Phi) is 4.92. The molecule has 1 amide bonds. The molecule has 27 heavy (non-hydrogen) atoms. The van der Waals surface area contributed by atoms with E-state index in [1.807, 2.05) is 37.1 Å². The number of anilines is 1. The minimum atomic E-state index is -0.0236. The number of hydrogen-bond acceptors (Lipinski definition) is 6. The number of rotatable bonds is 4. The molecule has 142 valence electrons. The summed E-state index contributed by atoms with van der Waals surface area (Å²) >= 11 is 0. The largest absolute Gasteiger partial charge is 0.485 e. The highest BCUT2D eigenvalue weighted by molar-refractivity contribution is 5.95. The molecule has 2 aliphatic rings. The molecule has 1 atom stereocenters. The van der Waals surface area contributed by atoms with E-state index in [0.29, 0.717) is 24.5 Å². The Morgan fingerprint density at radius 1 is 1.19 bits per heavy atom. The van der Waals surface area contributed by atoms with Crippen LogP contribution in [-0.4, -0.2) is 58.0 Å². The van der Waals surface area contributed by atoms with Crippen LogP contribution in [0.5, 0.6) is 5.75 Å². The molecular weight excluding hydrogens is 342 g/mol. The van der Waals surface area contributed by atoms with Crippen molar-refractivity contribution in [3.63, 3.8) is 0 Å². The quantitative estimate of drug-likeness (QED) is 0.826. The first-order chi connectivity index (χ1) is 13.1. The Labute approximate surface area is 159 Å². The predicted molar refractivity (Wildman–Crippen MR) is 102 cm³/mol. The number of nitrogens with zero attached hydrogens (tertiary/aromatic N) is 5. The molecule has 0 bridgehead atoms. The maximum absolute atomic E-state index is 12.8. The Balaban J connectivity index is 1.44. The summed E-state index contributed by atoms with van der Waals surface area (Å²) in [5.41, 5.74) is 1.29. The molecule has 4 rings (SSSR count). The molecule has 7 heteroatoms. The lowest BCUT2D eigenvalue weighted by Crippen LogP contribution is -2.32. The summed E-state index contributed by atoms with van der Waals surface area (Å²) in [7, 11) is 0. The van der Waals surface area contributed by atoms with Crippen LogP contribution in [0.4, 0.5) is 5.82 Å². The van der Waals surface area contributed by atoms with Crippen LogP contribution >= 0.6 is 0 Å². The van der Waals surface area contributed by atoms with Gasteiger partial charge in [-0.05, 0) is 38.8 Å². The number of aromatic nitrogens is 3. The Hall–Kier alpha value is -2.70. The number of amides is 1. The lowest BCUT2D eigenvalue weighted by molar-refractivity contribution is 0.0770. The Morgan fingerprint density at radius 2 is 2.00 bits per heavy atom. The SMILES string of the molecule is Cc1ncc(C(=O)N2CC[C@@H](Oc3cccnc3N3CCCC3)C2)c(C)n1. The summed E-state index contributed by atoms with van der Waals surface area (Å²) in [4.78, 5) is 29.9. The lowest BCUT2D eigenvalue weighted by atomic mass is 10.2. The Bertz CT molecular complexity index is 835. The third kappa shape index (κ3) is 3.72. The molecule has 2 aliphatic heterocycles. The minimum Gasteiger partial charge on any atom is -0.485 e. The number of ether oxygens (including phenoxy) is 1. The van der Waals surface area contributed by atoms with E-state index in [1.165, 1.54) is 12.8 Å². The molecule has 0 aromatic carbocycles. The second-order valence-corrected chi connectivity index (χ2v) is 7.22. The second kappa shape index (κ2) is 7.50. The van der Waals surface area contributed by atoms with Gasteiger partial charge in [0.05, 0.1) is 17.8 Å². The summed E-state index contributed by atoms with van der Waals surface area (Å²) in [5, 5.41) is 0. The summed E-state index contributed by atoms with van der Waals surface area (Å²) in [6, 6.07) is 3.88. The number of likely N-dealkylation sites (tertiary alicyclic amines) is 1. The van der Waals surface area contributed by atoms with Gasteiger partial charge in [-0.1, -0.05) is 0 Å². The van der Waals surface area contributed by atoms with Crippen molar-refractivity contribution in [2.24, 2.45) is 0 Å². The van der Waals surface area contributed by atoms with E-state index in [0.717, 1.165) is 36.8 Å². The third-order valence-electron chi connectivity index (χ3n) is 5.21. The highest BCUT2D eigenvalue weighted by Crippen LogP contribution is 2.30. The van der Waals surface area contributed by atoms with Gasteiger partial charge in [0.25, 0.3) is 5.91 Å². The number of carbonyl (C=O) groups is 1. The Morgan fingerprint density at radius 3 is 2.78 bits per heavy atom. The van der Waals surface area contributed by atoms with Crippen LogP contribution in [0, 0.1) is 13.8 Å². The third-order valence-corrected chi connectivity index (χ3v) is 5.21. The fourth-order valence-corrected chi connectivity index (χ4v) is 3.79. The van der Waals surface area contributed by atoms with Gasteiger partial charge in [-0.25, -0.2) is 15.0 Å². The summed E-state index contributed by atoms with van der Waals surface area (Å²) < 4.78 is 6.26. The number of hydrogen-bond donors (Lipinski definition) is 0. The molecule has 0 unspecified atom stereocenters. The first-order valence-electron chi connectivity index (χ1n) is 9.58. The zero-order chi connectivity index (χ0) is 18.8. The van der Waals surface area contributed by atoms with E-state index in [4.69, 9.17) is 4.74 Å². The van der Waals surface area contributed by atoms with E-state index in [1.54, 1.807) is 6.20 Å². The van der Waals surface area contributed by atoms with Crippen LogP contribution in [0.3, 0.4) is 0 Å². The standard InChI is InChI=1S/C20H25N5O2/c1-14-17(12-22-15(2)23-14)20(26)25-11-7-16(13-25)27-18-6-5-8-21-19(18)24-9-3-4-10-24/h5-6,8,12,16H,3-4,7,9-11,13H2,1-2H3/t16-/m1/s1. The van der Waals surface area contributed by atoms with Crippen molar-refractivity contribution in [1.29, 1.82) is 0 Å². The fraction of sp³-hybridized carbons (Fsp3) is 0.500. The van der Waals surface area contributed by atoms with Crippen LogP contribution in [0.15, 0.2) is 24.5 Å². The van der Waals surface area contributed by atoms with Gasteiger partial charge in [-0.3, -0.25) is 4.79 Å². The van der Waals surface area contributed by atoms with Crippen molar-refractivity contribution in [1.82, 2.24) is 19.9 Å². The molecular formula is C20H25N5O2. The summed E-state index contributed by atoms with van der Waals surface area (Å²) in [6.07, 6.45) is 6.61. The molecule has 0 radical (unpaired) electrons. The van der Waals surface area contributed by atoms with Crippen LogP contribution in [-0.2, 0) is 0 Å². The molecule has 0 spiro atoms. The molecule has 7 nitrogen and oxygen atoms in total. The first kappa shape index (κ1) is 17.7. The van der Waals surface area contributed by atoms with Crippen molar-refractivity contribution in [2.45, 2.75) is 39.2 Å². The van der Waals surface area contributed by atoms with Crippen molar-refractivity contribution in [3.05, 3.63) is 41.6 Å². The van der Waals surface area contributed by atoms with Crippen molar-refractivity contribution in [2.75, 3.05) is 31.1 Å². The number of carbonyl (C=O) groups excluding carboxylic acids is 1. The minimum absolute atomic E-state index is 0.0221. The summed E-state index contributed by atoms with van der Waals surface area (Å²) in [5.74, 6) is 2.39. The second-order valence-electron chi connectivity index (χ2n) is 7.22. The van der Waals surface area contributed by atoms with E-state index in [9.17, 15) is 4.79 Å². The van der Waals surface area contributed by atoms with E-state index in [2.05, 4.69) is 19.9 Å². The van der Waals surface area contributed by atoms with Crippen LogP contribution in [0.25, 0.3) is 0 Å². The molecule has 0 aliphatic carbocycles. The maximum atomic E-state index is 12.8. The summed E-state index contributed by atoms with van der Waals surface area (Å²) in [6.45, 7) is 6.97. The van der Waals surface area contributed by atoms with Gasteiger partial charge in [-0.2, -0.15) is 0 Å². The monoisotopic (exact) mass is 367 g/mol. The van der Waals surface area contributed by atoms with E-state index >= 15 is 0 Å². The molecule has 0 saturated carbocycles.